The summed E-state index contributed by atoms with van der Waals surface area (Å²) in [6.07, 6.45) is 0. The van der Waals surface area contributed by atoms with Crippen LogP contribution in [0.5, 0.6) is 0 Å². The van der Waals surface area contributed by atoms with Crippen LogP contribution >= 0.6 is 0 Å². The van der Waals surface area contributed by atoms with Crippen molar-refractivity contribution in [3.63, 3.8) is 0 Å². The molecule has 0 radical (unpaired) electrons. The van der Waals surface area contributed by atoms with E-state index in [1.165, 1.54) is 0 Å². The monoisotopic (exact) mass is 254 g/mol. The maximum Gasteiger partial charge on any atom is 0.274 e. The minimum absolute atomic E-state index is 0.134. The van der Waals surface area contributed by atoms with Crippen LogP contribution in [0.3, 0.4) is 0 Å². The molecule has 0 aromatic heterocycles. The minimum atomic E-state index is -3.59. The lowest BCUT2D eigenvalue weighted by molar-refractivity contribution is 0.293. The highest BCUT2D eigenvalue weighted by atomic mass is 32.2. The molecular weight excluding hydrogens is 232 g/mol. The Hall–Kier alpha value is 0.0469. The fourth-order valence-corrected chi connectivity index (χ4v) is 2.12. The van der Waals surface area contributed by atoms with E-state index in [9.17, 15) is 8.42 Å². The maximum absolute atomic E-state index is 10.6. The summed E-state index contributed by atoms with van der Waals surface area (Å²) in [5, 5.41) is 4.92. The van der Waals surface area contributed by atoms with E-state index >= 15 is 0 Å². The van der Waals surface area contributed by atoms with Gasteiger partial charge in [0.05, 0.1) is 0 Å². The Morgan fingerprint density at radius 2 is 1.80 bits per heavy atom. The Kier molecular flexibility index (Phi) is 4.93. The molecule has 3 N–H and O–H groups in total. The van der Waals surface area contributed by atoms with Crippen LogP contribution in [0.2, 0.25) is 18.1 Å². The van der Waals surface area contributed by atoms with Gasteiger partial charge in [-0.15, -0.1) is 0 Å². The minimum Gasteiger partial charge on any atom is -0.415 e. The Labute approximate surface area is 93.7 Å². The van der Waals surface area contributed by atoms with Crippen molar-refractivity contribution < 1.29 is 12.8 Å². The fourth-order valence-electron chi connectivity index (χ4n) is 0.707. The van der Waals surface area contributed by atoms with Crippen LogP contribution < -0.4 is 9.86 Å². The average Bonchev–Trinajstić information content (AvgIpc) is 1.94. The van der Waals surface area contributed by atoms with Crippen molar-refractivity contribution in [1.82, 2.24) is 4.72 Å². The van der Waals surface area contributed by atoms with E-state index in [-0.39, 0.29) is 11.6 Å². The zero-order chi connectivity index (χ0) is 12.3. The summed E-state index contributed by atoms with van der Waals surface area (Å²) in [5.74, 6) is 0. The van der Waals surface area contributed by atoms with Crippen molar-refractivity contribution in [2.24, 2.45) is 5.14 Å². The van der Waals surface area contributed by atoms with Crippen LogP contribution in [0.25, 0.3) is 0 Å². The topological polar surface area (TPSA) is 81.4 Å². The van der Waals surface area contributed by atoms with E-state index in [1.807, 2.05) is 0 Å². The van der Waals surface area contributed by atoms with Crippen LogP contribution in [-0.2, 0) is 14.6 Å². The summed E-state index contributed by atoms with van der Waals surface area (Å²) in [5.41, 5.74) is 0. The normalized spacial score (nSPS) is 14.3. The van der Waals surface area contributed by atoms with Crippen molar-refractivity contribution in [1.29, 1.82) is 0 Å². The molecule has 0 bridgehead atoms. The van der Waals surface area contributed by atoms with E-state index in [0.29, 0.717) is 6.61 Å². The van der Waals surface area contributed by atoms with Gasteiger partial charge in [-0.3, -0.25) is 0 Å². The van der Waals surface area contributed by atoms with Crippen molar-refractivity contribution in [3.05, 3.63) is 0 Å². The van der Waals surface area contributed by atoms with E-state index in [1.54, 1.807) is 0 Å². The number of nitrogens with two attached hydrogens (primary N) is 1. The SMILES string of the molecule is CC(C)(C)[Si](C)(C)OCCNS(N)(=O)=O. The second-order valence-corrected chi connectivity index (χ2v) is 11.2. The Morgan fingerprint density at radius 1 is 1.33 bits per heavy atom. The van der Waals surface area contributed by atoms with E-state index in [0.717, 1.165) is 0 Å². The molecule has 0 aromatic rings. The summed E-state index contributed by atoms with van der Waals surface area (Å²) >= 11 is 0. The summed E-state index contributed by atoms with van der Waals surface area (Å²) < 4.78 is 29.1. The maximum atomic E-state index is 10.6. The van der Waals surface area contributed by atoms with Gasteiger partial charge in [-0.05, 0) is 18.1 Å². The van der Waals surface area contributed by atoms with Gasteiger partial charge >= 0.3 is 0 Å². The van der Waals surface area contributed by atoms with Gasteiger partial charge in [0.2, 0.25) is 0 Å². The summed E-state index contributed by atoms with van der Waals surface area (Å²) in [4.78, 5) is 0. The second-order valence-electron chi connectivity index (χ2n) is 5.05. The van der Waals surface area contributed by atoms with Gasteiger partial charge in [0.1, 0.15) is 0 Å². The van der Waals surface area contributed by atoms with Gasteiger partial charge in [-0.1, -0.05) is 20.8 Å². The lowest BCUT2D eigenvalue weighted by Gasteiger charge is -2.36. The lowest BCUT2D eigenvalue weighted by atomic mass is 10.2. The smallest absolute Gasteiger partial charge is 0.274 e. The largest absolute Gasteiger partial charge is 0.415 e. The first kappa shape index (κ1) is 15.0. The fraction of sp³-hybridized carbons (Fsp3) is 1.00. The zero-order valence-corrected chi connectivity index (χ0v) is 11.9. The van der Waals surface area contributed by atoms with Gasteiger partial charge < -0.3 is 4.43 Å². The summed E-state index contributed by atoms with van der Waals surface area (Å²) in [6.45, 7) is 11.2. The van der Waals surface area contributed by atoms with E-state index in [2.05, 4.69) is 38.6 Å². The molecule has 92 valence electrons. The van der Waals surface area contributed by atoms with Gasteiger partial charge in [0.15, 0.2) is 8.32 Å². The standard InChI is InChI=1S/C8H22N2O3SSi/c1-8(2,3)15(4,5)13-7-6-10-14(9,11)12/h10H,6-7H2,1-5H3,(H2,9,11,12). The van der Waals surface area contributed by atoms with Gasteiger partial charge in [-0.2, -0.15) is 8.42 Å². The molecule has 0 rings (SSSR count). The van der Waals surface area contributed by atoms with Crippen molar-refractivity contribution >= 4 is 18.5 Å². The van der Waals surface area contributed by atoms with E-state index in [4.69, 9.17) is 9.56 Å². The molecule has 5 nitrogen and oxygen atoms in total. The Morgan fingerprint density at radius 3 is 2.13 bits per heavy atom. The lowest BCUT2D eigenvalue weighted by Crippen LogP contribution is -2.43. The first-order valence-corrected chi connectivity index (χ1v) is 9.32. The molecule has 0 saturated heterocycles. The predicted molar refractivity (Wildman–Crippen MR) is 64.3 cm³/mol. The third kappa shape index (κ3) is 6.26. The molecule has 0 atom stereocenters. The molecule has 0 saturated carbocycles. The van der Waals surface area contributed by atoms with Crippen LogP contribution in [-0.4, -0.2) is 29.9 Å². The molecule has 0 aromatic carbocycles. The molecule has 0 aliphatic heterocycles. The van der Waals surface area contributed by atoms with Gasteiger partial charge in [0, 0.05) is 13.2 Å². The molecule has 15 heavy (non-hydrogen) atoms. The molecule has 0 aliphatic carbocycles. The highest BCUT2D eigenvalue weighted by Gasteiger charge is 2.36. The van der Waals surface area contributed by atoms with Crippen molar-refractivity contribution in [3.8, 4) is 0 Å². The Balaban J connectivity index is 3.98. The summed E-state index contributed by atoms with van der Waals surface area (Å²) in [7, 11) is -5.37. The molecular formula is C8H22N2O3SSi. The molecule has 0 fully saturated rings. The van der Waals surface area contributed by atoms with Crippen molar-refractivity contribution in [2.45, 2.75) is 38.9 Å². The molecule has 0 unspecified atom stereocenters. The highest BCUT2D eigenvalue weighted by molar-refractivity contribution is 7.87. The van der Waals surface area contributed by atoms with Crippen LogP contribution in [0, 0.1) is 0 Å². The summed E-state index contributed by atoms with van der Waals surface area (Å²) in [6, 6.07) is 0. The highest BCUT2D eigenvalue weighted by Crippen LogP contribution is 2.36. The third-order valence-corrected chi connectivity index (χ3v) is 7.82. The Bertz CT molecular complexity index is 295. The van der Waals surface area contributed by atoms with Gasteiger partial charge in [-0.25, -0.2) is 9.86 Å². The quantitative estimate of drug-likeness (QED) is 0.562. The van der Waals surface area contributed by atoms with Crippen LogP contribution in [0.1, 0.15) is 20.8 Å². The van der Waals surface area contributed by atoms with E-state index < -0.39 is 18.5 Å². The van der Waals surface area contributed by atoms with Crippen LogP contribution in [0.15, 0.2) is 0 Å². The first-order valence-electron chi connectivity index (χ1n) is 4.87. The number of hydrogen-bond donors (Lipinski definition) is 2. The molecule has 0 amide bonds. The first-order chi connectivity index (χ1) is 6.46. The van der Waals surface area contributed by atoms with Crippen molar-refractivity contribution in [2.75, 3.05) is 13.2 Å². The molecule has 7 heteroatoms. The number of rotatable bonds is 5. The number of hydrogen-bond acceptors (Lipinski definition) is 3. The van der Waals surface area contributed by atoms with Crippen LogP contribution in [0.4, 0.5) is 0 Å². The zero-order valence-electron chi connectivity index (χ0n) is 10.1. The predicted octanol–water partition coefficient (Wildman–Crippen LogP) is 0.801. The number of nitrogens with one attached hydrogen (secondary N) is 1. The van der Waals surface area contributed by atoms with Gasteiger partial charge in [0.25, 0.3) is 10.2 Å². The molecule has 0 aliphatic rings. The second kappa shape index (κ2) is 4.92. The third-order valence-electron chi connectivity index (χ3n) is 2.67. The molecule has 0 heterocycles. The average molecular weight is 254 g/mol. The molecule has 0 spiro atoms.